The van der Waals surface area contributed by atoms with E-state index in [0.29, 0.717) is 5.56 Å². The highest BCUT2D eigenvalue weighted by atomic mass is 16.5. The van der Waals surface area contributed by atoms with Crippen molar-refractivity contribution in [3.8, 4) is 0 Å². The van der Waals surface area contributed by atoms with Crippen LogP contribution in [0.3, 0.4) is 0 Å². The smallest absolute Gasteiger partial charge is 0.338 e. The SMILES string of the molecule is CC(OC(=O)c1ccccc1)C1=CC=C2C3=Nc4ccccc4C3=CCN2C1. The van der Waals surface area contributed by atoms with Gasteiger partial charge in [-0.15, -0.1) is 0 Å². The van der Waals surface area contributed by atoms with Gasteiger partial charge in [-0.1, -0.05) is 48.6 Å². The summed E-state index contributed by atoms with van der Waals surface area (Å²) in [5, 5.41) is 0. The van der Waals surface area contributed by atoms with Crippen LogP contribution >= 0.6 is 0 Å². The molecule has 0 amide bonds. The lowest BCUT2D eigenvalue weighted by Gasteiger charge is -2.35. The molecule has 0 saturated carbocycles. The monoisotopic (exact) mass is 368 g/mol. The van der Waals surface area contributed by atoms with Gasteiger partial charge in [-0.3, -0.25) is 0 Å². The number of nitrogens with zero attached hydrogens (tertiary/aromatic N) is 2. The zero-order valence-electron chi connectivity index (χ0n) is 15.6. The van der Waals surface area contributed by atoms with Gasteiger partial charge in [-0.2, -0.15) is 0 Å². The lowest BCUT2D eigenvalue weighted by Crippen LogP contribution is -2.37. The Hall–Kier alpha value is -3.40. The molecule has 3 heterocycles. The van der Waals surface area contributed by atoms with E-state index >= 15 is 0 Å². The normalized spacial score (nSPS) is 18.0. The standard InChI is InChI=1S/C24H20N2O2/c1-16(28-24(27)17-7-3-2-4-8-17)18-11-12-22-23-20(13-14-26(22)15-18)19-9-5-6-10-21(19)25-23/h2-13,16H,14-15H2,1H3. The van der Waals surface area contributed by atoms with Gasteiger partial charge in [0.15, 0.2) is 0 Å². The van der Waals surface area contributed by atoms with Crippen LogP contribution < -0.4 is 0 Å². The zero-order valence-corrected chi connectivity index (χ0v) is 15.6. The fraction of sp³-hybridized carbons (Fsp3) is 0.167. The van der Waals surface area contributed by atoms with E-state index in [1.165, 1.54) is 11.1 Å². The third-order valence-electron chi connectivity index (χ3n) is 5.42. The molecule has 4 heteroatoms. The van der Waals surface area contributed by atoms with Crippen LogP contribution in [0.2, 0.25) is 0 Å². The van der Waals surface area contributed by atoms with Crippen LogP contribution in [0, 0.1) is 0 Å². The number of rotatable bonds is 3. The second-order valence-electron chi connectivity index (χ2n) is 7.18. The maximum absolute atomic E-state index is 12.3. The van der Waals surface area contributed by atoms with E-state index in [4.69, 9.17) is 9.73 Å². The lowest BCUT2D eigenvalue weighted by molar-refractivity contribution is 0.0396. The number of aliphatic imine (C=N–C) groups is 1. The van der Waals surface area contributed by atoms with Crippen LogP contribution in [0.1, 0.15) is 22.8 Å². The summed E-state index contributed by atoms with van der Waals surface area (Å²) in [6.45, 7) is 3.49. The first kappa shape index (κ1) is 16.8. The van der Waals surface area contributed by atoms with Gasteiger partial charge in [-0.25, -0.2) is 9.79 Å². The van der Waals surface area contributed by atoms with Crippen LogP contribution in [0.4, 0.5) is 5.69 Å². The Bertz CT molecular complexity index is 1080. The van der Waals surface area contributed by atoms with Crippen molar-refractivity contribution in [1.29, 1.82) is 0 Å². The summed E-state index contributed by atoms with van der Waals surface area (Å²) in [6.07, 6.45) is 6.14. The molecule has 3 aliphatic heterocycles. The van der Waals surface area contributed by atoms with Crippen LogP contribution in [-0.2, 0) is 4.74 Å². The molecule has 0 spiro atoms. The molecule has 0 aromatic heterocycles. The molecule has 138 valence electrons. The Balaban J connectivity index is 1.37. The van der Waals surface area contributed by atoms with E-state index in [1.54, 1.807) is 12.1 Å². The Kier molecular flexibility index (Phi) is 3.97. The average molecular weight is 368 g/mol. The molecule has 0 fully saturated rings. The molecule has 28 heavy (non-hydrogen) atoms. The van der Waals surface area contributed by atoms with Gasteiger partial charge in [0.25, 0.3) is 0 Å². The lowest BCUT2D eigenvalue weighted by atomic mass is 9.94. The summed E-state index contributed by atoms with van der Waals surface area (Å²) < 4.78 is 5.68. The van der Waals surface area contributed by atoms with Gasteiger partial charge in [0.2, 0.25) is 0 Å². The fourth-order valence-electron chi connectivity index (χ4n) is 3.89. The van der Waals surface area contributed by atoms with Gasteiger partial charge < -0.3 is 9.64 Å². The van der Waals surface area contributed by atoms with Crippen molar-refractivity contribution in [2.45, 2.75) is 13.0 Å². The molecule has 1 unspecified atom stereocenters. The zero-order chi connectivity index (χ0) is 19.1. The quantitative estimate of drug-likeness (QED) is 0.747. The van der Waals surface area contributed by atoms with Gasteiger partial charge in [0.1, 0.15) is 6.10 Å². The number of esters is 1. The summed E-state index contributed by atoms with van der Waals surface area (Å²) in [5.74, 6) is -0.291. The third-order valence-corrected chi connectivity index (χ3v) is 5.42. The molecule has 0 aliphatic carbocycles. The van der Waals surface area contributed by atoms with Crippen molar-refractivity contribution in [1.82, 2.24) is 4.90 Å². The number of hydrogen-bond acceptors (Lipinski definition) is 4. The van der Waals surface area contributed by atoms with Crippen LogP contribution in [0.15, 0.2) is 89.1 Å². The van der Waals surface area contributed by atoms with Crippen molar-refractivity contribution >= 4 is 22.9 Å². The van der Waals surface area contributed by atoms with Crippen LogP contribution in [0.25, 0.3) is 5.57 Å². The highest BCUT2D eigenvalue weighted by Gasteiger charge is 2.32. The Morgan fingerprint density at radius 1 is 1.07 bits per heavy atom. The first-order valence-corrected chi connectivity index (χ1v) is 9.51. The number of para-hydroxylation sites is 1. The molecule has 3 aliphatic rings. The second kappa shape index (κ2) is 6.64. The van der Waals surface area contributed by atoms with Crippen LogP contribution in [-0.4, -0.2) is 35.8 Å². The van der Waals surface area contributed by atoms with Crippen molar-refractivity contribution in [2.24, 2.45) is 4.99 Å². The predicted octanol–water partition coefficient (Wildman–Crippen LogP) is 4.54. The minimum atomic E-state index is -0.291. The van der Waals surface area contributed by atoms with Gasteiger partial charge in [0.05, 0.1) is 22.7 Å². The van der Waals surface area contributed by atoms with Gasteiger partial charge in [-0.05, 0) is 36.8 Å². The molecule has 0 saturated heterocycles. The minimum Gasteiger partial charge on any atom is -0.454 e. The molecular weight excluding hydrogens is 348 g/mol. The van der Waals surface area contributed by atoms with E-state index in [2.05, 4.69) is 41.3 Å². The number of hydrogen-bond donors (Lipinski definition) is 0. The molecule has 0 N–H and O–H groups in total. The van der Waals surface area contributed by atoms with Gasteiger partial charge >= 0.3 is 5.97 Å². The molecular formula is C24H20N2O2. The summed E-state index contributed by atoms with van der Waals surface area (Å²) in [6, 6.07) is 17.4. The molecule has 0 bridgehead atoms. The number of ether oxygens (including phenoxy) is 1. The summed E-state index contributed by atoms with van der Waals surface area (Å²) in [4.78, 5) is 19.5. The maximum atomic E-state index is 12.3. The van der Waals surface area contributed by atoms with E-state index < -0.39 is 0 Å². The van der Waals surface area contributed by atoms with Crippen molar-refractivity contribution in [2.75, 3.05) is 13.1 Å². The predicted molar refractivity (Wildman–Crippen MR) is 111 cm³/mol. The first-order chi connectivity index (χ1) is 13.7. The van der Waals surface area contributed by atoms with E-state index in [9.17, 15) is 4.79 Å². The van der Waals surface area contributed by atoms with Crippen molar-refractivity contribution < 1.29 is 9.53 Å². The first-order valence-electron chi connectivity index (χ1n) is 9.51. The maximum Gasteiger partial charge on any atom is 0.338 e. The number of benzene rings is 2. The summed E-state index contributed by atoms with van der Waals surface area (Å²) in [7, 11) is 0. The fourth-order valence-corrected chi connectivity index (χ4v) is 3.89. The molecule has 2 aromatic carbocycles. The Morgan fingerprint density at radius 2 is 1.86 bits per heavy atom. The molecule has 1 atom stereocenters. The molecule has 4 nitrogen and oxygen atoms in total. The molecule has 0 radical (unpaired) electrons. The second-order valence-corrected chi connectivity index (χ2v) is 7.18. The molecule has 5 rings (SSSR count). The van der Waals surface area contributed by atoms with Crippen LogP contribution in [0.5, 0.6) is 0 Å². The third kappa shape index (κ3) is 2.78. The van der Waals surface area contributed by atoms with E-state index in [-0.39, 0.29) is 12.1 Å². The Morgan fingerprint density at radius 3 is 2.71 bits per heavy atom. The highest BCUT2D eigenvalue weighted by Crippen LogP contribution is 2.40. The average Bonchev–Trinajstić information content (AvgIpc) is 3.13. The summed E-state index contributed by atoms with van der Waals surface area (Å²) in [5.41, 5.74) is 7.30. The number of carbonyl (C=O) groups is 1. The van der Waals surface area contributed by atoms with Crippen molar-refractivity contribution in [3.05, 3.63) is 95.2 Å². The van der Waals surface area contributed by atoms with Gasteiger partial charge in [0, 0.05) is 24.2 Å². The number of allylic oxidation sites excluding steroid dienone is 3. The highest BCUT2D eigenvalue weighted by molar-refractivity contribution is 6.36. The number of fused-ring (bicyclic) bond motifs is 5. The van der Waals surface area contributed by atoms with E-state index in [0.717, 1.165) is 35.8 Å². The largest absolute Gasteiger partial charge is 0.454 e. The molecule has 2 aromatic rings. The number of carbonyl (C=O) groups excluding carboxylic acids is 1. The topological polar surface area (TPSA) is 41.9 Å². The van der Waals surface area contributed by atoms with Crippen molar-refractivity contribution in [3.63, 3.8) is 0 Å². The summed E-state index contributed by atoms with van der Waals surface area (Å²) >= 11 is 0. The van der Waals surface area contributed by atoms with E-state index in [1.807, 2.05) is 31.2 Å². The Labute approximate surface area is 164 Å². The minimum absolute atomic E-state index is 0.279.